The quantitative estimate of drug-likeness (QED) is 0.784. The summed E-state index contributed by atoms with van der Waals surface area (Å²) in [5, 5.41) is 2.90. The third-order valence-electron chi connectivity index (χ3n) is 2.85. The Hall–Kier alpha value is -0.911. The molecule has 0 heterocycles. The van der Waals surface area contributed by atoms with Crippen LogP contribution in [0.15, 0.2) is 12.1 Å². The van der Waals surface area contributed by atoms with E-state index < -0.39 is 30.1 Å². The number of hydrogen-bond donors (Lipinski definition) is 1. The average molecular weight is 400 g/mol. The van der Waals surface area contributed by atoms with Crippen LogP contribution in [0.2, 0.25) is 14.8 Å². The van der Waals surface area contributed by atoms with Gasteiger partial charge < -0.3 is 0 Å². The fourth-order valence-electron chi connectivity index (χ4n) is 2.20. The molecule has 1 rings (SSSR count). The van der Waals surface area contributed by atoms with Crippen molar-refractivity contribution in [3.05, 3.63) is 17.7 Å². The van der Waals surface area contributed by atoms with E-state index in [1.165, 1.54) is 3.58 Å². The van der Waals surface area contributed by atoms with E-state index >= 15 is 0 Å². The maximum atomic E-state index is 12.1. The van der Waals surface area contributed by atoms with E-state index in [1.54, 1.807) is 7.11 Å². The molecule has 0 aromatic heterocycles. The standard InChI is InChI=1S/C13H18NO3.3CH3.Sn/c1-9-6-10(8-11(7-9)16-5)14-12(15)17-13(2,3)4;;;;/h6-7H,1-5H3,(H,14,15);3*1H3;. The zero-order valence-corrected chi connectivity index (χ0v) is 17.2. The number of ether oxygens (including phenoxy) is 2. The molecule has 0 bridgehead atoms. The van der Waals surface area contributed by atoms with Crippen LogP contribution in [-0.2, 0) is 4.74 Å². The minimum atomic E-state index is -2.47. The van der Waals surface area contributed by atoms with Gasteiger partial charge in [-0.1, -0.05) is 0 Å². The number of nitrogens with one attached hydrogen (secondary N) is 1. The number of amides is 1. The first-order valence-electron chi connectivity index (χ1n) is 7.13. The Kier molecular flexibility index (Phi) is 5.58. The summed E-state index contributed by atoms with van der Waals surface area (Å²) in [5.74, 6) is 0.865. The Morgan fingerprint density at radius 1 is 1.19 bits per heavy atom. The van der Waals surface area contributed by atoms with Gasteiger partial charge in [-0.2, -0.15) is 0 Å². The predicted octanol–water partition coefficient (Wildman–Crippen LogP) is 3.90. The molecular formula is C16H27NO3Sn. The van der Waals surface area contributed by atoms with Gasteiger partial charge in [-0.3, -0.25) is 0 Å². The van der Waals surface area contributed by atoms with Crippen LogP contribution in [0.1, 0.15) is 26.3 Å². The molecule has 0 aliphatic rings. The van der Waals surface area contributed by atoms with Crippen LogP contribution in [0, 0.1) is 6.92 Å². The number of methoxy groups -OCH3 is 1. The average Bonchev–Trinajstić information content (AvgIpc) is 2.22. The van der Waals surface area contributed by atoms with Crippen LogP contribution < -0.4 is 13.6 Å². The van der Waals surface area contributed by atoms with Gasteiger partial charge in [0.05, 0.1) is 0 Å². The second kappa shape index (κ2) is 6.46. The van der Waals surface area contributed by atoms with Crippen molar-refractivity contribution >= 4 is 33.7 Å². The molecule has 5 heteroatoms. The summed E-state index contributed by atoms with van der Waals surface area (Å²) in [6.07, 6.45) is -0.424. The number of carbonyl (C=O) groups excluding carboxylic acids is 1. The van der Waals surface area contributed by atoms with Crippen molar-refractivity contribution in [2.24, 2.45) is 0 Å². The van der Waals surface area contributed by atoms with Gasteiger partial charge in [-0.05, 0) is 0 Å². The van der Waals surface area contributed by atoms with Crippen LogP contribution in [0.5, 0.6) is 5.75 Å². The Morgan fingerprint density at radius 3 is 2.19 bits per heavy atom. The topological polar surface area (TPSA) is 47.6 Å². The summed E-state index contributed by atoms with van der Waals surface area (Å²) in [5.41, 5.74) is 1.37. The molecule has 0 aliphatic heterocycles. The minimum absolute atomic E-state index is 0.424. The fourth-order valence-corrected chi connectivity index (χ4v) is 7.50. The van der Waals surface area contributed by atoms with Crippen molar-refractivity contribution in [1.82, 2.24) is 0 Å². The third kappa shape index (κ3) is 5.41. The van der Waals surface area contributed by atoms with Crippen molar-refractivity contribution in [3.8, 4) is 5.75 Å². The zero-order chi connectivity index (χ0) is 16.4. The summed E-state index contributed by atoms with van der Waals surface area (Å²) in [6.45, 7) is 7.55. The van der Waals surface area contributed by atoms with E-state index in [4.69, 9.17) is 9.47 Å². The van der Waals surface area contributed by atoms with Crippen molar-refractivity contribution in [3.63, 3.8) is 0 Å². The van der Waals surface area contributed by atoms with Crippen LogP contribution in [-0.4, -0.2) is 37.2 Å². The Balaban J connectivity index is 3.22. The van der Waals surface area contributed by atoms with Crippen LogP contribution >= 0.6 is 0 Å². The number of rotatable bonds is 3. The first kappa shape index (κ1) is 18.1. The van der Waals surface area contributed by atoms with Gasteiger partial charge >= 0.3 is 132 Å². The number of aryl methyl sites for hydroxylation is 1. The molecule has 1 aromatic rings. The molecule has 0 saturated carbocycles. The Labute approximate surface area is 132 Å². The summed E-state index contributed by atoms with van der Waals surface area (Å²) in [7, 11) is 1.67. The van der Waals surface area contributed by atoms with Gasteiger partial charge in [0, 0.05) is 0 Å². The maximum absolute atomic E-state index is 12.1. The summed E-state index contributed by atoms with van der Waals surface area (Å²) in [6, 6.07) is 4.02. The van der Waals surface area contributed by atoms with Crippen molar-refractivity contribution < 1.29 is 14.3 Å². The summed E-state index contributed by atoms with van der Waals surface area (Å²) >= 11 is -2.47. The van der Waals surface area contributed by atoms with Crippen LogP contribution in [0.4, 0.5) is 10.5 Å². The Bertz CT molecular complexity index is 528. The van der Waals surface area contributed by atoms with E-state index in [-0.39, 0.29) is 0 Å². The number of anilines is 1. The molecule has 0 fully saturated rings. The molecule has 0 radical (unpaired) electrons. The monoisotopic (exact) mass is 401 g/mol. The first-order chi connectivity index (χ1) is 9.44. The molecule has 0 spiro atoms. The van der Waals surface area contributed by atoms with Crippen molar-refractivity contribution in [1.29, 1.82) is 0 Å². The van der Waals surface area contributed by atoms with Gasteiger partial charge in [0.1, 0.15) is 0 Å². The SMILES string of the molecule is COc1cc(C)cc(NC(=O)OC(C)(C)C)[c]1[Sn]([CH3])([CH3])[CH3]. The molecule has 21 heavy (non-hydrogen) atoms. The molecule has 4 nitrogen and oxygen atoms in total. The van der Waals surface area contributed by atoms with E-state index in [9.17, 15) is 4.79 Å². The van der Waals surface area contributed by atoms with Gasteiger partial charge in [0.2, 0.25) is 0 Å². The van der Waals surface area contributed by atoms with E-state index in [0.29, 0.717) is 0 Å². The molecule has 1 N–H and O–H groups in total. The molecule has 1 aromatic carbocycles. The number of benzene rings is 1. The molecule has 0 atom stereocenters. The third-order valence-corrected chi connectivity index (χ3v) is 8.61. The summed E-state index contributed by atoms with van der Waals surface area (Å²) < 4.78 is 12.1. The van der Waals surface area contributed by atoms with Crippen LogP contribution in [0.3, 0.4) is 0 Å². The molecule has 0 unspecified atom stereocenters. The summed E-state index contributed by atoms with van der Waals surface area (Å²) in [4.78, 5) is 18.9. The molecule has 0 saturated heterocycles. The van der Waals surface area contributed by atoms with Gasteiger partial charge in [0.15, 0.2) is 0 Å². The van der Waals surface area contributed by atoms with Crippen molar-refractivity contribution in [2.75, 3.05) is 12.4 Å². The van der Waals surface area contributed by atoms with Crippen LogP contribution in [0.25, 0.3) is 0 Å². The first-order valence-corrected chi connectivity index (χ1v) is 17.1. The second-order valence-corrected chi connectivity index (χ2v) is 21.5. The van der Waals surface area contributed by atoms with E-state index in [0.717, 1.165) is 17.0 Å². The zero-order valence-electron chi connectivity index (χ0n) is 14.4. The molecular weight excluding hydrogens is 373 g/mol. The van der Waals surface area contributed by atoms with Gasteiger partial charge in [-0.15, -0.1) is 0 Å². The van der Waals surface area contributed by atoms with Gasteiger partial charge in [0.25, 0.3) is 0 Å². The number of hydrogen-bond acceptors (Lipinski definition) is 3. The normalized spacial score (nSPS) is 12.0. The fraction of sp³-hybridized carbons (Fsp3) is 0.562. The molecule has 118 valence electrons. The molecule has 1 amide bonds. The number of carbonyl (C=O) groups is 1. The Morgan fingerprint density at radius 2 is 1.76 bits per heavy atom. The second-order valence-electron chi connectivity index (χ2n) is 7.27. The molecule has 0 aliphatic carbocycles. The predicted molar refractivity (Wildman–Crippen MR) is 90.6 cm³/mol. The van der Waals surface area contributed by atoms with Gasteiger partial charge in [-0.25, -0.2) is 0 Å². The van der Waals surface area contributed by atoms with E-state index in [1.807, 2.05) is 39.8 Å². The van der Waals surface area contributed by atoms with E-state index in [2.05, 4.69) is 20.1 Å². The van der Waals surface area contributed by atoms with Crippen molar-refractivity contribution in [2.45, 2.75) is 48.1 Å².